The minimum atomic E-state index is -0.940. The number of esters is 1. The number of aryl methyl sites for hydroxylation is 1. The Morgan fingerprint density at radius 3 is 2.82 bits per heavy atom. The van der Waals surface area contributed by atoms with Crippen molar-refractivity contribution in [3.8, 4) is 0 Å². The molecule has 0 aliphatic rings. The summed E-state index contributed by atoms with van der Waals surface area (Å²) in [5.74, 6) is -0.309. The van der Waals surface area contributed by atoms with Gasteiger partial charge in [-0.1, -0.05) is 18.2 Å². The second-order valence-corrected chi connectivity index (χ2v) is 6.55. The largest absolute Gasteiger partial charge is 0.452 e. The van der Waals surface area contributed by atoms with Gasteiger partial charge in [0.25, 0.3) is 0 Å². The van der Waals surface area contributed by atoms with Crippen LogP contribution < -0.4 is 0 Å². The summed E-state index contributed by atoms with van der Waals surface area (Å²) in [4.78, 5) is 28.5. The molecule has 4 aromatic rings. The molecule has 0 saturated carbocycles. The van der Waals surface area contributed by atoms with Gasteiger partial charge >= 0.3 is 5.97 Å². The van der Waals surface area contributed by atoms with Gasteiger partial charge in [0.2, 0.25) is 11.5 Å². The van der Waals surface area contributed by atoms with E-state index in [9.17, 15) is 9.59 Å². The second kappa shape index (κ2) is 7.19. The lowest BCUT2D eigenvalue weighted by molar-refractivity contribution is 0.0288. The number of H-pyrrole nitrogens is 1. The number of hydrogen-bond donors (Lipinski definition) is 1. The summed E-state index contributed by atoms with van der Waals surface area (Å²) in [5, 5.41) is 4.90. The highest BCUT2D eigenvalue weighted by molar-refractivity contribution is 6.11. The fraction of sp³-hybridized carbons (Fsp3) is 0.190. The molecule has 1 unspecified atom stereocenters. The highest BCUT2D eigenvalue weighted by Crippen LogP contribution is 2.24. The third-order valence-corrected chi connectivity index (χ3v) is 4.53. The SMILES string of the molecule is Cc1[nH]c2ccccc2c1C(=O)C(C)OC(=O)c1ccc(Cn2cccn2)o1. The van der Waals surface area contributed by atoms with Crippen molar-refractivity contribution in [1.29, 1.82) is 0 Å². The number of Topliss-reactive ketones (excluding diaryl/α,β-unsaturated/α-hetero) is 1. The molecule has 3 heterocycles. The van der Waals surface area contributed by atoms with Crippen molar-refractivity contribution in [2.24, 2.45) is 0 Å². The molecule has 142 valence electrons. The molecule has 0 saturated heterocycles. The van der Waals surface area contributed by atoms with E-state index in [1.54, 1.807) is 36.1 Å². The van der Waals surface area contributed by atoms with E-state index in [4.69, 9.17) is 9.15 Å². The normalized spacial score (nSPS) is 12.2. The Hall–Kier alpha value is -3.61. The third-order valence-electron chi connectivity index (χ3n) is 4.53. The number of para-hydroxylation sites is 1. The lowest BCUT2D eigenvalue weighted by atomic mass is 10.0. The average Bonchev–Trinajstić information content (AvgIpc) is 3.41. The summed E-state index contributed by atoms with van der Waals surface area (Å²) in [7, 11) is 0. The molecule has 1 atom stereocenters. The van der Waals surface area contributed by atoms with Crippen molar-refractivity contribution in [2.45, 2.75) is 26.5 Å². The van der Waals surface area contributed by atoms with Crippen molar-refractivity contribution >= 4 is 22.7 Å². The van der Waals surface area contributed by atoms with Gasteiger partial charge in [-0.2, -0.15) is 5.10 Å². The van der Waals surface area contributed by atoms with Crippen molar-refractivity contribution in [3.05, 3.63) is 77.6 Å². The number of furan rings is 1. The van der Waals surface area contributed by atoms with Crippen LogP contribution in [0.15, 0.2) is 59.3 Å². The van der Waals surface area contributed by atoms with Crippen LogP contribution in [0.5, 0.6) is 0 Å². The molecule has 0 amide bonds. The zero-order valence-electron chi connectivity index (χ0n) is 15.5. The van der Waals surface area contributed by atoms with Gasteiger partial charge < -0.3 is 14.1 Å². The zero-order chi connectivity index (χ0) is 19.7. The lowest BCUT2D eigenvalue weighted by Gasteiger charge is -2.11. The summed E-state index contributed by atoms with van der Waals surface area (Å²) in [6, 6.07) is 12.6. The molecule has 28 heavy (non-hydrogen) atoms. The molecule has 3 aromatic heterocycles. The van der Waals surface area contributed by atoms with Crippen LogP contribution in [0.2, 0.25) is 0 Å². The first-order valence-corrected chi connectivity index (χ1v) is 8.91. The predicted molar refractivity (Wildman–Crippen MR) is 102 cm³/mol. The van der Waals surface area contributed by atoms with Gasteiger partial charge in [0.15, 0.2) is 6.10 Å². The standard InChI is InChI=1S/C21H19N3O4/c1-13-19(16-6-3-4-7-17(16)23-13)20(25)14(2)27-21(26)18-9-8-15(28-18)12-24-11-5-10-22-24/h3-11,14,23H,12H2,1-2H3. The summed E-state index contributed by atoms with van der Waals surface area (Å²) in [6.07, 6.45) is 2.52. The van der Waals surface area contributed by atoms with Gasteiger partial charge in [0.1, 0.15) is 5.76 Å². The van der Waals surface area contributed by atoms with Crippen LogP contribution in [-0.4, -0.2) is 32.6 Å². The number of aromatic nitrogens is 3. The summed E-state index contributed by atoms with van der Waals surface area (Å²) >= 11 is 0. The number of fused-ring (bicyclic) bond motifs is 1. The van der Waals surface area contributed by atoms with Crippen LogP contribution >= 0.6 is 0 Å². The maximum Gasteiger partial charge on any atom is 0.374 e. The van der Waals surface area contributed by atoms with Crippen LogP contribution in [0.1, 0.15) is 39.3 Å². The van der Waals surface area contributed by atoms with E-state index in [0.29, 0.717) is 17.9 Å². The monoisotopic (exact) mass is 377 g/mol. The fourth-order valence-electron chi connectivity index (χ4n) is 3.20. The van der Waals surface area contributed by atoms with E-state index in [2.05, 4.69) is 10.1 Å². The number of ketones is 1. The molecule has 0 aliphatic heterocycles. The van der Waals surface area contributed by atoms with Crippen molar-refractivity contribution in [1.82, 2.24) is 14.8 Å². The van der Waals surface area contributed by atoms with Gasteiger partial charge in [0.05, 0.1) is 6.54 Å². The lowest BCUT2D eigenvalue weighted by Crippen LogP contribution is -2.24. The van der Waals surface area contributed by atoms with E-state index in [1.165, 1.54) is 6.07 Å². The molecular weight excluding hydrogens is 358 g/mol. The first kappa shape index (κ1) is 17.8. The van der Waals surface area contributed by atoms with Crippen LogP contribution in [0.3, 0.4) is 0 Å². The number of nitrogens with zero attached hydrogens (tertiary/aromatic N) is 2. The molecule has 0 fully saturated rings. The van der Waals surface area contributed by atoms with Crippen molar-refractivity contribution < 1.29 is 18.7 Å². The van der Waals surface area contributed by atoms with E-state index in [0.717, 1.165) is 16.6 Å². The Morgan fingerprint density at radius 2 is 2.04 bits per heavy atom. The van der Waals surface area contributed by atoms with E-state index in [-0.39, 0.29) is 11.5 Å². The van der Waals surface area contributed by atoms with Crippen molar-refractivity contribution in [3.63, 3.8) is 0 Å². The maximum absolute atomic E-state index is 12.9. The number of ether oxygens (including phenoxy) is 1. The van der Waals surface area contributed by atoms with Crippen LogP contribution in [0.4, 0.5) is 0 Å². The Bertz CT molecular complexity index is 1140. The number of carbonyl (C=O) groups is 2. The zero-order valence-corrected chi connectivity index (χ0v) is 15.5. The second-order valence-electron chi connectivity index (χ2n) is 6.55. The molecule has 0 bridgehead atoms. The third kappa shape index (κ3) is 3.34. The number of benzene rings is 1. The van der Waals surface area contributed by atoms with Crippen LogP contribution in [-0.2, 0) is 11.3 Å². The molecule has 4 rings (SSSR count). The topological polar surface area (TPSA) is 90.1 Å². The molecule has 0 spiro atoms. The van der Waals surface area contributed by atoms with E-state index < -0.39 is 12.1 Å². The highest BCUT2D eigenvalue weighted by Gasteiger charge is 2.26. The Balaban J connectivity index is 1.47. The fourth-order valence-corrected chi connectivity index (χ4v) is 3.20. The van der Waals surface area contributed by atoms with Crippen LogP contribution in [0, 0.1) is 6.92 Å². The van der Waals surface area contributed by atoms with Gasteiger partial charge in [-0.3, -0.25) is 9.48 Å². The summed E-state index contributed by atoms with van der Waals surface area (Å²) < 4.78 is 12.6. The number of hydrogen-bond acceptors (Lipinski definition) is 5. The summed E-state index contributed by atoms with van der Waals surface area (Å²) in [5.41, 5.74) is 2.15. The predicted octanol–water partition coefficient (Wildman–Crippen LogP) is 3.74. The Morgan fingerprint density at radius 1 is 1.21 bits per heavy atom. The first-order chi connectivity index (χ1) is 13.5. The molecule has 1 N–H and O–H groups in total. The van der Waals surface area contributed by atoms with Crippen LogP contribution in [0.25, 0.3) is 10.9 Å². The average molecular weight is 377 g/mol. The molecule has 7 heteroatoms. The van der Waals surface area contributed by atoms with Gasteiger partial charge in [-0.05, 0) is 38.1 Å². The highest BCUT2D eigenvalue weighted by atomic mass is 16.6. The van der Waals surface area contributed by atoms with Gasteiger partial charge in [-0.25, -0.2) is 4.79 Å². The van der Waals surface area contributed by atoms with Gasteiger partial charge in [-0.15, -0.1) is 0 Å². The number of nitrogens with one attached hydrogen (secondary N) is 1. The number of rotatable bonds is 6. The molecular formula is C21H19N3O4. The molecule has 1 aromatic carbocycles. The summed E-state index contributed by atoms with van der Waals surface area (Å²) in [6.45, 7) is 3.80. The minimum absolute atomic E-state index is 0.0532. The Kier molecular flexibility index (Phi) is 4.57. The maximum atomic E-state index is 12.9. The molecule has 0 aliphatic carbocycles. The quantitative estimate of drug-likeness (QED) is 0.408. The van der Waals surface area contributed by atoms with E-state index in [1.807, 2.05) is 31.2 Å². The first-order valence-electron chi connectivity index (χ1n) is 8.91. The Labute approximate surface area is 160 Å². The minimum Gasteiger partial charge on any atom is -0.452 e. The smallest absolute Gasteiger partial charge is 0.374 e. The molecule has 0 radical (unpaired) electrons. The van der Waals surface area contributed by atoms with Crippen molar-refractivity contribution in [2.75, 3.05) is 0 Å². The number of aromatic amines is 1. The molecule has 7 nitrogen and oxygen atoms in total. The van der Waals surface area contributed by atoms with E-state index >= 15 is 0 Å². The number of carbonyl (C=O) groups excluding carboxylic acids is 2. The van der Waals surface area contributed by atoms with Gasteiger partial charge in [0, 0.05) is 34.6 Å².